The molecule has 1 aromatic heterocycles. The van der Waals surface area contributed by atoms with Crippen molar-refractivity contribution in [1.29, 1.82) is 0 Å². The van der Waals surface area contributed by atoms with Crippen molar-refractivity contribution in [3.8, 4) is 5.75 Å². The molecule has 0 aromatic carbocycles. The van der Waals surface area contributed by atoms with Gasteiger partial charge in [0.05, 0.1) is 6.04 Å². The van der Waals surface area contributed by atoms with Crippen LogP contribution >= 0.6 is 11.8 Å². The molecular weight excluding hydrogens is 496 g/mol. The van der Waals surface area contributed by atoms with E-state index in [0.717, 1.165) is 6.42 Å². The Morgan fingerprint density at radius 3 is 2.76 bits per heavy atom. The molecule has 0 spiro atoms. The zero-order valence-electron chi connectivity index (χ0n) is 21.3. The summed E-state index contributed by atoms with van der Waals surface area (Å²) in [4.78, 5) is 27.9. The fourth-order valence-corrected chi connectivity index (χ4v) is 7.25. The molecule has 4 aliphatic rings. The second-order valence-corrected chi connectivity index (χ2v) is 12.2. The molecule has 1 N–H and O–H groups in total. The van der Waals surface area contributed by atoms with Gasteiger partial charge in [0.1, 0.15) is 19.0 Å². The predicted molar refractivity (Wildman–Crippen MR) is 143 cm³/mol. The van der Waals surface area contributed by atoms with Gasteiger partial charge in [-0.25, -0.2) is 8.78 Å². The summed E-state index contributed by atoms with van der Waals surface area (Å²) in [5.74, 6) is -0.648. The first-order valence-electron chi connectivity index (χ1n) is 12.7. The molecule has 3 aliphatic heterocycles. The first-order chi connectivity index (χ1) is 17.6. The third kappa shape index (κ3) is 4.56. The first-order valence-corrected chi connectivity index (χ1v) is 13.8. The molecule has 3 unspecified atom stereocenters. The molecular formula is C28H33F2N3O3S. The van der Waals surface area contributed by atoms with Crippen LogP contribution < -0.4 is 10.4 Å². The van der Waals surface area contributed by atoms with E-state index in [1.165, 1.54) is 25.3 Å². The molecule has 1 aliphatic carbocycles. The number of aromatic hydroxyl groups is 1. The molecule has 5 atom stereocenters. The molecule has 37 heavy (non-hydrogen) atoms. The highest BCUT2D eigenvalue weighted by Crippen LogP contribution is 2.44. The largest absolute Gasteiger partial charge is 0.502 e. The summed E-state index contributed by atoms with van der Waals surface area (Å²) in [6, 6.07) is 0.782. The Morgan fingerprint density at radius 2 is 2.03 bits per heavy atom. The molecule has 198 valence electrons. The second kappa shape index (κ2) is 9.82. The summed E-state index contributed by atoms with van der Waals surface area (Å²) in [5, 5.41) is 12.9. The number of thioether (sulfide) groups is 1. The number of rotatable bonds is 4. The monoisotopic (exact) mass is 529 g/mol. The molecule has 5 rings (SSSR count). The zero-order chi connectivity index (χ0) is 26.5. The number of nitrogens with zero attached hydrogens (tertiary/aromatic N) is 3. The highest BCUT2D eigenvalue weighted by molar-refractivity contribution is 8.00. The molecule has 1 amide bonds. The number of hydrogen-bond acceptors (Lipinski definition) is 5. The van der Waals surface area contributed by atoms with E-state index in [9.17, 15) is 23.5 Å². The standard InChI is InChI=1S/C28H33F2N3O3S/c1-17(30)8-9-19-18(14-29)15-37-22-7-5-4-6-20(22)24(19)33-23-10-12-28(2,3)16-31(23)27(36)25-26(35)21(34)11-13-32(25)33/h4-9,11,13,17,20,22-24,35H,10,12,14-16H2,1-3H3/b9-8-/t17?,20?,22?,23-,24+/m1/s1. The Kier molecular flexibility index (Phi) is 6.85. The number of fused-ring (bicyclic) bond motifs is 3. The Morgan fingerprint density at radius 1 is 1.27 bits per heavy atom. The topological polar surface area (TPSA) is 65.8 Å². The maximum atomic E-state index is 14.6. The van der Waals surface area contributed by atoms with E-state index in [1.54, 1.807) is 27.4 Å². The van der Waals surface area contributed by atoms with Gasteiger partial charge >= 0.3 is 0 Å². The van der Waals surface area contributed by atoms with Crippen molar-refractivity contribution in [2.75, 3.05) is 24.0 Å². The molecule has 1 saturated heterocycles. The van der Waals surface area contributed by atoms with Crippen LogP contribution in [0.4, 0.5) is 8.78 Å². The number of carbonyl (C=O) groups excluding carboxylic acids is 1. The lowest BCUT2D eigenvalue weighted by Gasteiger charge is -2.55. The average Bonchev–Trinajstić information content (AvgIpc) is 3.01. The Balaban J connectivity index is 1.77. The first kappa shape index (κ1) is 25.8. The molecule has 0 radical (unpaired) electrons. The maximum Gasteiger partial charge on any atom is 0.278 e. The summed E-state index contributed by atoms with van der Waals surface area (Å²) in [5.41, 5.74) is 0.390. The van der Waals surface area contributed by atoms with Crippen molar-refractivity contribution in [3.63, 3.8) is 0 Å². The molecule has 0 bridgehead atoms. The third-order valence-corrected chi connectivity index (χ3v) is 9.13. The van der Waals surface area contributed by atoms with E-state index in [1.807, 2.05) is 17.2 Å². The van der Waals surface area contributed by atoms with Crippen molar-refractivity contribution >= 4 is 17.7 Å². The van der Waals surface area contributed by atoms with E-state index >= 15 is 0 Å². The van der Waals surface area contributed by atoms with Gasteiger partial charge in [-0.1, -0.05) is 50.3 Å². The summed E-state index contributed by atoms with van der Waals surface area (Å²) in [7, 11) is 0. The zero-order valence-corrected chi connectivity index (χ0v) is 22.1. The minimum atomic E-state index is -1.22. The molecule has 0 saturated carbocycles. The number of halogens is 2. The van der Waals surface area contributed by atoms with Crippen LogP contribution in [0.25, 0.3) is 0 Å². The van der Waals surface area contributed by atoms with Gasteiger partial charge in [-0.15, -0.1) is 11.8 Å². The van der Waals surface area contributed by atoms with Crippen molar-refractivity contribution in [3.05, 3.63) is 75.8 Å². The molecule has 1 aromatic rings. The highest BCUT2D eigenvalue weighted by Gasteiger charge is 2.50. The number of piperidine rings is 1. The summed E-state index contributed by atoms with van der Waals surface area (Å²) >= 11 is 1.64. The van der Waals surface area contributed by atoms with Gasteiger partial charge in [0.15, 0.2) is 11.4 Å². The third-order valence-electron chi connectivity index (χ3n) is 7.76. The fraction of sp³-hybridized carbons (Fsp3) is 0.500. The van der Waals surface area contributed by atoms with Crippen molar-refractivity contribution in [2.45, 2.75) is 57.2 Å². The minimum Gasteiger partial charge on any atom is -0.502 e. The lowest BCUT2D eigenvalue weighted by atomic mass is 9.80. The van der Waals surface area contributed by atoms with Gasteiger partial charge in [-0.3, -0.25) is 19.3 Å². The number of pyridine rings is 1. The van der Waals surface area contributed by atoms with Gasteiger partial charge in [0.2, 0.25) is 5.43 Å². The number of hydrogen-bond donors (Lipinski definition) is 1. The Hall–Kier alpha value is -2.81. The van der Waals surface area contributed by atoms with Gasteiger partial charge < -0.3 is 10.0 Å². The molecule has 9 heteroatoms. The quantitative estimate of drug-likeness (QED) is 0.622. The van der Waals surface area contributed by atoms with Crippen LogP contribution in [0.5, 0.6) is 5.75 Å². The normalized spacial score (nSPS) is 29.7. The van der Waals surface area contributed by atoms with Crippen LogP contribution in [0.15, 0.2) is 64.7 Å². The SMILES string of the molecule is CC(F)/C=C\C1=C(CF)CSC2C=CC=CC2[C@H]1N1[C@@H]2CCC(C)(C)CN2C(=O)c2c(O)c(=O)ccn21. The summed E-state index contributed by atoms with van der Waals surface area (Å²) in [6.07, 6.45) is 12.7. The minimum absolute atomic E-state index is 0.0350. The van der Waals surface area contributed by atoms with E-state index < -0.39 is 36.0 Å². The van der Waals surface area contributed by atoms with Crippen LogP contribution in [-0.2, 0) is 0 Å². The lowest BCUT2D eigenvalue weighted by molar-refractivity contribution is 0.0202. The smallest absolute Gasteiger partial charge is 0.278 e. The Labute approximate surface area is 220 Å². The van der Waals surface area contributed by atoms with Gasteiger partial charge in [0, 0.05) is 35.7 Å². The van der Waals surface area contributed by atoms with Crippen LogP contribution in [0.3, 0.4) is 0 Å². The number of amides is 1. The molecule has 4 heterocycles. The predicted octanol–water partition coefficient (Wildman–Crippen LogP) is 4.50. The van der Waals surface area contributed by atoms with Crippen LogP contribution in [0, 0.1) is 11.3 Å². The summed E-state index contributed by atoms with van der Waals surface area (Å²) < 4.78 is 30.2. The van der Waals surface area contributed by atoms with E-state index in [4.69, 9.17) is 0 Å². The van der Waals surface area contributed by atoms with E-state index in [0.29, 0.717) is 29.9 Å². The van der Waals surface area contributed by atoms with Crippen LogP contribution in [-0.4, -0.2) is 63.2 Å². The second-order valence-electron chi connectivity index (χ2n) is 11.0. The van der Waals surface area contributed by atoms with Crippen molar-refractivity contribution in [1.82, 2.24) is 9.58 Å². The summed E-state index contributed by atoms with van der Waals surface area (Å²) in [6.45, 7) is 5.40. The number of allylic oxidation sites excluding steroid dienone is 3. The number of carbonyl (C=O) groups is 1. The fourth-order valence-electron chi connectivity index (χ4n) is 5.95. The molecule has 6 nitrogen and oxygen atoms in total. The number of alkyl halides is 2. The van der Waals surface area contributed by atoms with Gasteiger partial charge in [0.25, 0.3) is 5.91 Å². The maximum absolute atomic E-state index is 14.6. The van der Waals surface area contributed by atoms with Crippen molar-refractivity contribution < 1.29 is 18.7 Å². The lowest BCUT2D eigenvalue weighted by Crippen LogP contribution is -2.69. The number of aromatic nitrogens is 1. The van der Waals surface area contributed by atoms with E-state index in [2.05, 4.69) is 26.0 Å². The van der Waals surface area contributed by atoms with Gasteiger partial charge in [-0.05, 0) is 36.3 Å². The average molecular weight is 530 g/mol. The van der Waals surface area contributed by atoms with Crippen LogP contribution in [0.2, 0.25) is 0 Å². The van der Waals surface area contributed by atoms with E-state index in [-0.39, 0.29) is 28.4 Å². The Bertz CT molecular complexity index is 1270. The van der Waals surface area contributed by atoms with Crippen LogP contribution in [0.1, 0.15) is 44.1 Å². The van der Waals surface area contributed by atoms with Crippen molar-refractivity contribution in [2.24, 2.45) is 11.3 Å². The van der Waals surface area contributed by atoms with Gasteiger partial charge in [-0.2, -0.15) is 0 Å². The highest BCUT2D eigenvalue weighted by atomic mass is 32.2. The molecule has 1 fully saturated rings.